The molecule has 0 saturated carbocycles. The molecule has 0 aliphatic heterocycles. The van der Waals surface area contributed by atoms with Crippen LogP contribution in [0.25, 0.3) is 0 Å². The first kappa shape index (κ1) is 17.5. The van der Waals surface area contributed by atoms with Crippen LogP contribution in [0, 0.1) is 12.7 Å². The van der Waals surface area contributed by atoms with Crippen LogP contribution >= 0.6 is 11.6 Å². The third-order valence-electron chi connectivity index (χ3n) is 3.43. The molecule has 5 nitrogen and oxygen atoms in total. The van der Waals surface area contributed by atoms with Crippen LogP contribution in [-0.2, 0) is 11.3 Å². The predicted molar refractivity (Wildman–Crippen MR) is 82.9 cm³/mol. The number of esters is 1. The fourth-order valence-electron chi connectivity index (χ4n) is 2.18. The molecule has 23 heavy (non-hydrogen) atoms. The van der Waals surface area contributed by atoms with Crippen LogP contribution in [0.5, 0.6) is 0 Å². The lowest BCUT2D eigenvalue weighted by Crippen LogP contribution is -2.24. The van der Waals surface area contributed by atoms with E-state index in [1.165, 1.54) is 19.2 Å². The fraction of sp³-hybridized carbons (Fsp3) is 0.312. The molecule has 1 atom stereocenters. The molecule has 0 bridgehead atoms. The summed E-state index contributed by atoms with van der Waals surface area (Å²) in [5.41, 5.74) is 0.910. The molecule has 1 unspecified atom stereocenters. The number of furan rings is 1. The fourth-order valence-corrected chi connectivity index (χ4v) is 2.30. The number of nitrogens with one attached hydrogen (secondary N) is 1. The minimum atomic E-state index is -0.550. The van der Waals surface area contributed by atoms with Crippen LogP contribution in [-0.4, -0.2) is 24.8 Å². The molecule has 2 N–H and O–H groups in total. The quantitative estimate of drug-likeness (QED) is 0.790. The van der Waals surface area contributed by atoms with Crippen molar-refractivity contribution in [2.45, 2.75) is 19.5 Å². The van der Waals surface area contributed by atoms with E-state index >= 15 is 0 Å². The molecule has 1 heterocycles. The number of methoxy groups -OCH3 is 1. The van der Waals surface area contributed by atoms with Gasteiger partial charge in [0, 0.05) is 0 Å². The summed E-state index contributed by atoms with van der Waals surface area (Å²) in [7, 11) is 1.30. The standard InChI is InChI=1S/C16H17ClFNO4/c1-9-12(16(21)22-2)6-11(23-9)7-19-15(8-20)10-3-4-13(17)14(18)5-10/h3-6,15,19-20H,7-8H2,1-2H3. The summed E-state index contributed by atoms with van der Waals surface area (Å²) in [6, 6.07) is 5.41. The third kappa shape index (κ3) is 4.10. The first-order valence-electron chi connectivity index (χ1n) is 6.93. The van der Waals surface area contributed by atoms with Crippen molar-refractivity contribution in [1.82, 2.24) is 5.32 Å². The smallest absolute Gasteiger partial charge is 0.341 e. The van der Waals surface area contributed by atoms with E-state index in [1.54, 1.807) is 19.1 Å². The van der Waals surface area contributed by atoms with Gasteiger partial charge >= 0.3 is 5.97 Å². The van der Waals surface area contributed by atoms with Gasteiger partial charge in [-0.2, -0.15) is 0 Å². The zero-order valence-electron chi connectivity index (χ0n) is 12.7. The minimum absolute atomic E-state index is 0.0230. The van der Waals surface area contributed by atoms with Crippen LogP contribution < -0.4 is 5.32 Å². The van der Waals surface area contributed by atoms with E-state index in [9.17, 15) is 14.3 Å². The molecule has 2 rings (SSSR count). The highest BCUT2D eigenvalue weighted by molar-refractivity contribution is 6.30. The first-order chi connectivity index (χ1) is 11.0. The Balaban J connectivity index is 2.08. The molecule has 0 radical (unpaired) electrons. The Morgan fingerprint density at radius 3 is 2.83 bits per heavy atom. The van der Waals surface area contributed by atoms with Gasteiger partial charge in [-0.15, -0.1) is 0 Å². The van der Waals surface area contributed by atoms with Crippen molar-refractivity contribution in [2.24, 2.45) is 0 Å². The van der Waals surface area contributed by atoms with Gasteiger partial charge in [0.25, 0.3) is 0 Å². The van der Waals surface area contributed by atoms with Gasteiger partial charge in [0.2, 0.25) is 0 Å². The topological polar surface area (TPSA) is 71.7 Å². The number of carbonyl (C=O) groups is 1. The SMILES string of the molecule is COC(=O)c1cc(CNC(CO)c2ccc(Cl)c(F)c2)oc1C. The molecule has 0 spiro atoms. The van der Waals surface area contributed by atoms with E-state index in [-0.39, 0.29) is 18.2 Å². The van der Waals surface area contributed by atoms with Crippen LogP contribution in [0.3, 0.4) is 0 Å². The van der Waals surface area contributed by atoms with Crippen LogP contribution in [0.2, 0.25) is 5.02 Å². The molecule has 0 amide bonds. The maximum Gasteiger partial charge on any atom is 0.341 e. The van der Waals surface area contributed by atoms with E-state index < -0.39 is 17.8 Å². The number of aryl methyl sites for hydroxylation is 1. The van der Waals surface area contributed by atoms with Gasteiger partial charge in [0.1, 0.15) is 22.9 Å². The second-order valence-corrected chi connectivity index (χ2v) is 5.37. The van der Waals surface area contributed by atoms with E-state index in [0.29, 0.717) is 22.6 Å². The summed E-state index contributed by atoms with van der Waals surface area (Å²) in [5.74, 6) is -0.0651. The molecule has 0 aliphatic rings. The average molecular weight is 342 g/mol. The van der Waals surface area contributed by atoms with Crippen molar-refractivity contribution in [3.63, 3.8) is 0 Å². The summed E-state index contributed by atoms with van der Waals surface area (Å²) in [4.78, 5) is 11.5. The molecule has 0 saturated heterocycles. The van der Waals surface area contributed by atoms with Gasteiger partial charge in [-0.3, -0.25) is 0 Å². The Morgan fingerprint density at radius 2 is 2.22 bits per heavy atom. The summed E-state index contributed by atoms with van der Waals surface area (Å²) in [5, 5.41) is 12.5. The normalized spacial score (nSPS) is 12.2. The van der Waals surface area contributed by atoms with E-state index in [4.69, 9.17) is 16.0 Å². The first-order valence-corrected chi connectivity index (χ1v) is 7.30. The summed E-state index contributed by atoms with van der Waals surface area (Å²) < 4.78 is 23.6. The summed E-state index contributed by atoms with van der Waals surface area (Å²) in [6.07, 6.45) is 0. The van der Waals surface area contributed by atoms with E-state index in [1.807, 2.05) is 0 Å². The van der Waals surface area contributed by atoms with Crippen LogP contribution in [0.15, 0.2) is 28.7 Å². The Morgan fingerprint density at radius 1 is 1.48 bits per heavy atom. The summed E-state index contributed by atoms with van der Waals surface area (Å²) >= 11 is 5.65. The third-order valence-corrected chi connectivity index (χ3v) is 3.73. The van der Waals surface area contributed by atoms with Crippen molar-refractivity contribution in [1.29, 1.82) is 0 Å². The molecule has 1 aromatic heterocycles. The Bertz CT molecular complexity index is 701. The number of hydrogen-bond donors (Lipinski definition) is 2. The number of carbonyl (C=O) groups excluding carboxylic acids is 1. The Kier molecular flexibility index (Phi) is 5.76. The Labute approximate surface area is 138 Å². The number of benzene rings is 1. The maximum atomic E-state index is 13.5. The van der Waals surface area contributed by atoms with Crippen molar-refractivity contribution < 1.29 is 23.4 Å². The largest absolute Gasteiger partial charge is 0.465 e. The molecular weight excluding hydrogens is 325 g/mol. The molecule has 2 aromatic rings. The van der Waals surface area contributed by atoms with E-state index in [0.717, 1.165) is 0 Å². The lowest BCUT2D eigenvalue weighted by atomic mass is 10.1. The Hall–Kier alpha value is -1.89. The number of rotatable bonds is 6. The zero-order chi connectivity index (χ0) is 17.0. The monoisotopic (exact) mass is 341 g/mol. The van der Waals surface area contributed by atoms with Gasteiger partial charge in [0.05, 0.1) is 31.3 Å². The lowest BCUT2D eigenvalue weighted by Gasteiger charge is -2.16. The summed E-state index contributed by atoms with van der Waals surface area (Å²) in [6.45, 7) is 1.69. The molecule has 124 valence electrons. The highest BCUT2D eigenvalue weighted by atomic mass is 35.5. The van der Waals surface area contributed by atoms with Gasteiger partial charge in [0.15, 0.2) is 0 Å². The molecular formula is C16H17ClFNO4. The molecule has 0 aliphatic carbocycles. The highest BCUT2D eigenvalue weighted by Gasteiger charge is 2.17. The number of hydrogen-bond acceptors (Lipinski definition) is 5. The molecule has 7 heteroatoms. The molecule has 0 fully saturated rings. The minimum Gasteiger partial charge on any atom is -0.465 e. The second kappa shape index (κ2) is 7.59. The van der Waals surface area contributed by atoms with Crippen molar-refractivity contribution in [2.75, 3.05) is 13.7 Å². The van der Waals surface area contributed by atoms with Gasteiger partial charge in [-0.25, -0.2) is 9.18 Å². The zero-order valence-corrected chi connectivity index (χ0v) is 13.5. The number of aliphatic hydroxyl groups excluding tert-OH is 1. The van der Waals surface area contributed by atoms with Gasteiger partial charge in [-0.1, -0.05) is 17.7 Å². The van der Waals surface area contributed by atoms with Gasteiger partial charge < -0.3 is 19.6 Å². The van der Waals surface area contributed by atoms with Gasteiger partial charge in [-0.05, 0) is 30.7 Å². The number of ether oxygens (including phenoxy) is 1. The highest BCUT2D eigenvalue weighted by Crippen LogP contribution is 2.21. The van der Waals surface area contributed by atoms with Crippen molar-refractivity contribution >= 4 is 17.6 Å². The van der Waals surface area contributed by atoms with Crippen molar-refractivity contribution in [3.05, 3.63) is 57.8 Å². The van der Waals surface area contributed by atoms with Crippen LogP contribution in [0.4, 0.5) is 4.39 Å². The second-order valence-electron chi connectivity index (χ2n) is 4.96. The maximum absolute atomic E-state index is 13.5. The number of aliphatic hydroxyl groups is 1. The van der Waals surface area contributed by atoms with Crippen LogP contribution in [0.1, 0.15) is 33.5 Å². The van der Waals surface area contributed by atoms with Crippen molar-refractivity contribution in [3.8, 4) is 0 Å². The molecule has 1 aromatic carbocycles. The lowest BCUT2D eigenvalue weighted by molar-refractivity contribution is 0.0599. The average Bonchev–Trinajstić information content (AvgIpc) is 2.91. The van der Waals surface area contributed by atoms with E-state index in [2.05, 4.69) is 10.1 Å². The predicted octanol–water partition coefficient (Wildman–Crippen LogP) is 2.99. The number of halogens is 2.